The van der Waals surface area contributed by atoms with Crippen molar-refractivity contribution in [2.24, 2.45) is 0 Å². The van der Waals surface area contributed by atoms with Gasteiger partial charge in [-0.15, -0.1) is 21.5 Å². The Morgan fingerprint density at radius 3 is 2.76 bits per heavy atom. The molecule has 0 saturated carbocycles. The maximum Gasteiger partial charge on any atom is 0.270 e. The summed E-state index contributed by atoms with van der Waals surface area (Å²) in [5.74, 6) is 0. The smallest absolute Gasteiger partial charge is 0.270 e. The van der Waals surface area contributed by atoms with Gasteiger partial charge in [-0.3, -0.25) is 0 Å². The van der Waals surface area contributed by atoms with Crippen LogP contribution in [-0.2, 0) is 16.6 Å². The Labute approximate surface area is 106 Å². The fourth-order valence-electron chi connectivity index (χ4n) is 1.05. The van der Waals surface area contributed by atoms with Gasteiger partial charge in [0.2, 0.25) is 9.47 Å². The number of hydrogen-bond acceptors (Lipinski definition) is 8. The summed E-state index contributed by atoms with van der Waals surface area (Å²) in [6.07, 6.45) is 0. The molecule has 0 amide bonds. The first-order valence-corrected chi connectivity index (χ1v) is 7.65. The summed E-state index contributed by atoms with van der Waals surface area (Å²) in [5, 5.41) is 9.74. The zero-order chi connectivity index (χ0) is 12.5. The molecule has 10 heteroatoms. The number of aryl methyl sites for hydroxylation is 1. The van der Waals surface area contributed by atoms with Gasteiger partial charge in [0.05, 0.1) is 17.2 Å². The predicted octanol–water partition coefficient (Wildman–Crippen LogP) is 0.364. The monoisotopic (exact) mass is 291 g/mol. The van der Waals surface area contributed by atoms with Crippen molar-refractivity contribution >= 4 is 37.8 Å². The Hall–Kier alpha value is -1.10. The molecule has 3 N–H and O–H groups in total. The second-order valence-corrected chi connectivity index (χ2v) is 7.10. The number of anilines is 1. The van der Waals surface area contributed by atoms with E-state index in [1.54, 1.807) is 5.38 Å². The molecule has 7 nitrogen and oxygen atoms in total. The molecule has 0 aliphatic rings. The lowest BCUT2D eigenvalue weighted by molar-refractivity contribution is 0.578. The van der Waals surface area contributed by atoms with Crippen molar-refractivity contribution in [1.29, 1.82) is 0 Å². The largest absolute Gasteiger partial charge is 0.374 e. The predicted molar refractivity (Wildman–Crippen MR) is 65.2 cm³/mol. The maximum atomic E-state index is 11.7. The number of nitrogens with zero attached hydrogens (tertiary/aromatic N) is 3. The van der Waals surface area contributed by atoms with Crippen LogP contribution in [0, 0.1) is 6.92 Å². The first kappa shape index (κ1) is 12.4. The van der Waals surface area contributed by atoms with Gasteiger partial charge in [0.1, 0.15) is 0 Å². The third-order valence-corrected chi connectivity index (χ3v) is 5.11. The molecule has 2 aromatic rings. The Morgan fingerprint density at radius 2 is 2.24 bits per heavy atom. The minimum atomic E-state index is -3.65. The highest BCUT2D eigenvalue weighted by molar-refractivity contribution is 7.91. The normalized spacial score (nSPS) is 11.8. The average molecular weight is 291 g/mol. The zero-order valence-corrected chi connectivity index (χ0v) is 11.2. The number of sulfonamides is 1. The van der Waals surface area contributed by atoms with E-state index in [9.17, 15) is 8.42 Å². The molecule has 2 aromatic heterocycles. The van der Waals surface area contributed by atoms with E-state index in [2.05, 4.69) is 19.9 Å². The molecule has 17 heavy (non-hydrogen) atoms. The van der Waals surface area contributed by atoms with Crippen LogP contribution in [0.15, 0.2) is 9.72 Å². The molecular weight excluding hydrogens is 282 g/mol. The van der Waals surface area contributed by atoms with Gasteiger partial charge < -0.3 is 5.73 Å². The molecular formula is C7H9N5O2S3. The Balaban J connectivity index is 2.08. The minimum absolute atomic E-state index is 0.120. The summed E-state index contributed by atoms with van der Waals surface area (Å²) in [7, 11) is -3.65. The van der Waals surface area contributed by atoms with Crippen LogP contribution in [0.5, 0.6) is 0 Å². The van der Waals surface area contributed by atoms with Gasteiger partial charge >= 0.3 is 0 Å². The van der Waals surface area contributed by atoms with E-state index in [-0.39, 0.29) is 16.0 Å². The Bertz CT molecular complexity index is 617. The number of nitrogens with one attached hydrogen (secondary N) is 1. The fourth-order valence-corrected chi connectivity index (χ4v) is 3.49. The van der Waals surface area contributed by atoms with Crippen molar-refractivity contribution in [2.45, 2.75) is 17.8 Å². The van der Waals surface area contributed by atoms with Crippen molar-refractivity contribution in [1.82, 2.24) is 19.9 Å². The molecule has 0 fully saturated rings. The van der Waals surface area contributed by atoms with Gasteiger partial charge in [0.25, 0.3) is 10.0 Å². The highest BCUT2D eigenvalue weighted by atomic mass is 32.2. The van der Waals surface area contributed by atoms with Crippen LogP contribution < -0.4 is 10.5 Å². The lowest BCUT2D eigenvalue weighted by Gasteiger charge is -2.00. The fraction of sp³-hybridized carbons (Fsp3) is 0.286. The van der Waals surface area contributed by atoms with Crippen molar-refractivity contribution < 1.29 is 8.42 Å². The quantitative estimate of drug-likeness (QED) is 0.841. The number of hydrogen-bond donors (Lipinski definition) is 2. The van der Waals surface area contributed by atoms with Gasteiger partial charge in [0, 0.05) is 5.38 Å². The lowest BCUT2D eigenvalue weighted by Crippen LogP contribution is -2.23. The molecule has 0 bridgehead atoms. The van der Waals surface area contributed by atoms with E-state index < -0.39 is 10.0 Å². The maximum absolute atomic E-state index is 11.7. The van der Waals surface area contributed by atoms with E-state index >= 15 is 0 Å². The summed E-state index contributed by atoms with van der Waals surface area (Å²) < 4.78 is 25.7. The molecule has 0 aliphatic carbocycles. The second kappa shape index (κ2) is 4.64. The Kier molecular flexibility index (Phi) is 3.38. The SMILES string of the molecule is Cc1nc(CNS(=O)(=O)c2nnc(N)s2)cs1. The number of nitrogens with two attached hydrogens (primary N) is 1. The van der Waals surface area contributed by atoms with E-state index in [0.717, 1.165) is 16.3 Å². The number of rotatable bonds is 4. The van der Waals surface area contributed by atoms with Gasteiger partial charge in [-0.05, 0) is 6.92 Å². The van der Waals surface area contributed by atoms with Crippen LogP contribution in [0.3, 0.4) is 0 Å². The van der Waals surface area contributed by atoms with E-state index in [4.69, 9.17) is 5.73 Å². The molecule has 0 aliphatic heterocycles. The highest BCUT2D eigenvalue weighted by Crippen LogP contribution is 2.17. The molecule has 0 aromatic carbocycles. The molecule has 92 valence electrons. The molecule has 0 saturated heterocycles. The minimum Gasteiger partial charge on any atom is -0.374 e. The summed E-state index contributed by atoms with van der Waals surface area (Å²) in [4.78, 5) is 4.15. The van der Waals surface area contributed by atoms with Crippen LogP contribution in [0.4, 0.5) is 5.13 Å². The van der Waals surface area contributed by atoms with Gasteiger partial charge in [-0.2, -0.15) is 0 Å². The summed E-state index contributed by atoms with van der Waals surface area (Å²) in [6, 6.07) is 0. The number of thiazole rings is 1. The molecule has 0 unspecified atom stereocenters. The molecule has 0 radical (unpaired) electrons. The van der Waals surface area contributed by atoms with Crippen LogP contribution in [0.25, 0.3) is 0 Å². The standard InChI is InChI=1S/C7H9N5O2S3/c1-4-10-5(3-15-4)2-9-17(13,14)7-12-11-6(8)16-7/h3,9H,2H2,1H3,(H2,8,11). The highest BCUT2D eigenvalue weighted by Gasteiger charge is 2.19. The molecule has 2 rings (SSSR count). The van der Waals surface area contributed by atoms with Crippen molar-refractivity contribution in [3.05, 3.63) is 16.1 Å². The third kappa shape index (κ3) is 2.97. The van der Waals surface area contributed by atoms with Crippen molar-refractivity contribution in [3.8, 4) is 0 Å². The lowest BCUT2D eigenvalue weighted by atomic mass is 10.5. The summed E-state index contributed by atoms with van der Waals surface area (Å²) >= 11 is 2.29. The zero-order valence-electron chi connectivity index (χ0n) is 8.74. The van der Waals surface area contributed by atoms with E-state index in [0.29, 0.717) is 5.69 Å². The van der Waals surface area contributed by atoms with Crippen LogP contribution in [-0.4, -0.2) is 23.6 Å². The topological polar surface area (TPSA) is 111 Å². The van der Waals surface area contributed by atoms with Crippen LogP contribution >= 0.6 is 22.7 Å². The molecule has 0 spiro atoms. The molecule has 0 atom stereocenters. The summed E-state index contributed by atoms with van der Waals surface area (Å²) in [5.41, 5.74) is 6.00. The first-order valence-electron chi connectivity index (χ1n) is 4.47. The average Bonchev–Trinajstić information content (AvgIpc) is 2.85. The van der Waals surface area contributed by atoms with Crippen LogP contribution in [0.2, 0.25) is 0 Å². The van der Waals surface area contributed by atoms with Gasteiger partial charge in [-0.1, -0.05) is 11.3 Å². The number of nitrogen functional groups attached to an aromatic ring is 1. The van der Waals surface area contributed by atoms with E-state index in [1.165, 1.54) is 11.3 Å². The summed E-state index contributed by atoms with van der Waals surface area (Å²) in [6.45, 7) is 1.99. The molecule has 2 heterocycles. The van der Waals surface area contributed by atoms with Gasteiger partial charge in [0.15, 0.2) is 0 Å². The Morgan fingerprint density at radius 1 is 1.47 bits per heavy atom. The van der Waals surface area contributed by atoms with E-state index in [1.807, 2.05) is 6.92 Å². The van der Waals surface area contributed by atoms with Crippen LogP contribution in [0.1, 0.15) is 10.7 Å². The van der Waals surface area contributed by atoms with Gasteiger partial charge in [-0.25, -0.2) is 18.1 Å². The van der Waals surface area contributed by atoms with Crippen molar-refractivity contribution in [2.75, 3.05) is 5.73 Å². The third-order valence-electron chi connectivity index (χ3n) is 1.76. The first-order chi connectivity index (χ1) is 7.97. The van der Waals surface area contributed by atoms with Crippen molar-refractivity contribution in [3.63, 3.8) is 0 Å². The second-order valence-electron chi connectivity index (χ2n) is 3.09. The number of aromatic nitrogens is 3.